The van der Waals surface area contributed by atoms with E-state index in [0.29, 0.717) is 11.9 Å². The maximum atomic E-state index is 4.65. The van der Waals surface area contributed by atoms with Crippen molar-refractivity contribution in [3.63, 3.8) is 0 Å². The van der Waals surface area contributed by atoms with Crippen LogP contribution in [0.25, 0.3) is 11.1 Å². The summed E-state index contributed by atoms with van der Waals surface area (Å²) < 4.78 is 0. The normalized spacial score (nSPS) is 17.3. The second kappa shape index (κ2) is 7.15. The predicted molar refractivity (Wildman–Crippen MR) is 105 cm³/mol. The molecule has 0 aliphatic carbocycles. The standard InChI is InChI=1S/C20H24N6/c1-14-11-18(24-20(21-2)23-14)26-10-6-9-16(13-26)19-17(12-22-25-19)15-7-4-3-5-8-15/h3-5,7-8,11-12,16H,6,9-10,13H2,1-2H3,(H,22,25)(H,21,23,24)/t16-/m0/s1. The zero-order chi connectivity index (χ0) is 17.9. The van der Waals surface area contributed by atoms with Gasteiger partial charge in [-0.25, -0.2) is 4.98 Å². The summed E-state index contributed by atoms with van der Waals surface area (Å²) in [6, 6.07) is 12.5. The summed E-state index contributed by atoms with van der Waals surface area (Å²) in [5, 5.41) is 10.6. The molecule has 1 fully saturated rings. The lowest BCUT2D eigenvalue weighted by Crippen LogP contribution is -2.35. The van der Waals surface area contributed by atoms with Gasteiger partial charge in [-0.15, -0.1) is 0 Å². The first-order valence-corrected chi connectivity index (χ1v) is 9.11. The Morgan fingerprint density at radius 3 is 2.85 bits per heavy atom. The molecule has 0 bridgehead atoms. The molecule has 0 radical (unpaired) electrons. The number of rotatable bonds is 4. The number of hydrogen-bond donors (Lipinski definition) is 2. The molecule has 1 atom stereocenters. The van der Waals surface area contributed by atoms with Gasteiger partial charge in [0.25, 0.3) is 0 Å². The van der Waals surface area contributed by atoms with Crippen LogP contribution < -0.4 is 10.2 Å². The summed E-state index contributed by atoms with van der Waals surface area (Å²) in [7, 11) is 1.86. The van der Waals surface area contributed by atoms with Crippen molar-refractivity contribution in [3.8, 4) is 11.1 Å². The van der Waals surface area contributed by atoms with Crippen LogP contribution >= 0.6 is 0 Å². The SMILES string of the molecule is CNc1nc(C)cc(N2CCC[C@H](c3[nH]ncc3-c3ccccc3)C2)n1. The van der Waals surface area contributed by atoms with Crippen molar-refractivity contribution in [2.45, 2.75) is 25.7 Å². The first-order chi connectivity index (χ1) is 12.7. The van der Waals surface area contributed by atoms with E-state index in [2.05, 4.69) is 60.7 Å². The molecule has 6 nitrogen and oxygen atoms in total. The summed E-state index contributed by atoms with van der Waals surface area (Å²) in [5.74, 6) is 2.08. The van der Waals surface area contributed by atoms with Gasteiger partial charge in [0.15, 0.2) is 0 Å². The van der Waals surface area contributed by atoms with Crippen molar-refractivity contribution in [2.75, 3.05) is 30.4 Å². The van der Waals surface area contributed by atoms with Crippen LogP contribution in [0, 0.1) is 6.92 Å². The number of aromatic amines is 1. The van der Waals surface area contributed by atoms with Crippen molar-refractivity contribution in [3.05, 3.63) is 54.0 Å². The lowest BCUT2D eigenvalue weighted by Gasteiger charge is -2.33. The van der Waals surface area contributed by atoms with Gasteiger partial charge in [-0.05, 0) is 25.3 Å². The number of H-pyrrole nitrogens is 1. The maximum Gasteiger partial charge on any atom is 0.224 e. The number of benzene rings is 1. The minimum absolute atomic E-state index is 0.412. The van der Waals surface area contributed by atoms with E-state index < -0.39 is 0 Å². The molecule has 0 spiro atoms. The largest absolute Gasteiger partial charge is 0.357 e. The number of piperidine rings is 1. The third kappa shape index (κ3) is 3.27. The van der Waals surface area contributed by atoms with Gasteiger partial charge in [0.2, 0.25) is 5.95 Å². The highest BCUT2D eigenvalue weighted by Gasteiger charge is 2.26. The Hall–Kier alpha value is -2.89. The fourth-order valence-electron chi connectivity index (χ4n) is 3.70. The van der Waals surface area contributed by atoms with Gasteiger partial charge in [-0.1, -0.05) is 30.3 Å². The van der Waals surface area contributed by atoms with E-state index in [1.54, 1.807) is 0 Å². The number of aryl methyl sites for hydroxylation is 1. The van der Waals surface area contributed by atoms with E-state index in [1.807, 2.05) is 26.2 Å². The van der Waals surface area contributed by atoms with Crippen LogP contribution in [0.4, 0.5) is 11.8 Å². The molecule has 2 aromatic heterocycles. The Morgan fingerprint density at radius 2 is 2.04 bits per heavy atom. The molecule has 4 rings (SSSR count). The Kier molecular flexibility index (Phi) is 4.56. The lowest BCUT2D eigenvalue weighted by atomic mass is 9.90. The first kappa shape index (κ1) is 16.6. The minimum atomic E-state index is 0.412. The molecule has 1 aliphatic rings. The smallest absolute Gasteiger partial charge is 0.224 e. The molecule has 0 saturated carbocycles. The molecular formula is C20H24N6. The number of nitrogens with one attached hydrogen (secondary N) is 2. The third-order valence-electron chi connectivity index (χ3n) is 4.97. The average molecular weight is 348 g/mol. The van der Waals surface area contributed by atoms with Crippen LogP contribution in [0.1, 0.15) is 30.1 Å². The fraction of sp³-hybridized carbons (Fsp3) is 0.350. The third-order valence-corrected chi connectivity index (χ3v) is 4.97. The zero-order valence-corrected chi connectivity index (χ0v) is 15.2. The van der Waals surface area contributed by atoms with E-state index in [-0.39, 0.29) is 0 Å². The van der Waals surface area contributed by atoms with Gasteiger partial charge in [-0.2, -0.15) is 10.1 Å². The van der Waals surface area contributed by atoms with Gasteiger partial charge >= 0.3 is 0 Å². The minimum Gasteiger partial charge on any atom is -0.357 e. The Labute approximate surface area is 153 Å². The summed E-state index contributed by atoms with van der Waals surface area (Å²) >= 11 is 0. The monoisotopic (exact) mass is 348 g/mol. The topological polar surface area (TPSA) is 69.7 Å². The van der Waals surface area contributed by atoms with Crippen LogP contribution in [0.5, 0.6) is 0 Å². The summed E-state index contributed by atoms with van der Waals surface area (Å²) in [6.07, 6.45) is 4.23. The van der Waals surface area contributed by atoms with E-state index >= 15 is 0 Å². The van der Waals surface area contributed by atoms with Crippen molar-refractivity contribution in [2.24, 2.45) is 0 Å². The molecule has 2 N–H and O–H groups in total. The number of anilines is 2. The molecule has 1 aliphatic heterocycles. The Morgan fingerprint density at radius 1 is 1.19 bits per heavy atom. The van der Waals surface area contributed by atoms with E-state index in [1.165, 1.54) is 16.8 Å². The van der Waals surface area contributed by atoms with Gasteiger partial charge in [0.1, 0.15) is 5.82 Å². The molecule has 3 heterocycles. The fourth-order valence-corrected chi connectivity index (χ4v) is 3.70. The van der Waals surface area contributed by atoms with E-state index in [4.69, 9.17) is 0 Å². The predicted octanol–water partition coefficient (Wildman–Crippen LogP) is 3.60. The van der Waals surface area contributed by atoms with Crippen LogP contribution in [0.2, 0.25) is 0 Å². The van der Waals surface area contributed by atoms with Crippen molar-refractivity contribution >= 4 is 11.8 Å². The van der Waals surface area contributed by atoms with Crippen LogP contribution in [-0.2, 0) is 0 Å². The first-order valence-electron chi connectivity index (χ1n) is 9.11. The second-order valence-corrected chi connectivity index (χ2v) is 6.79. The highest BCUT2D eigenvalue weighted by Crippen LogP contribution is 2.34. The molecule has 1 aromatic carbocycles. The number of hydrogen-bond acceptors (Lipinski definition) is 5. The summed E-state index contributed by atoms with van der Waals surface area (Å²) in [6.45, 7) is 3.96. The van der Waals surface area contributed by atoms with Crippen molar-refractivity contribution < 1.29 is 0 Å². The van der Waals surface area contributed by atoms with E-state index in [0.717, 1.165) is 37.4 Å². The lowest BCUT2D eigenvalue weighted by molar-refractivity contribution is 0.498. The number of nitrogens with zero attached hydrogens (tertiary/aromatic N) is 4. The molecule has 134 valence electrons. The molecule has 1 saturated heterocycles. The van der Waals surface area contributed by atoms with Gasteiger partial charge in [-0.3, -0.25) is 5.10 Å². The summed E-state index contributed by atoms with van der Waals surface area (Å²) in [4.78, 5) is 11.4. The van der Waals surface area contributed by atoms with Crippen molar-refractivity contribution in [1.29, 1.82) is 0 Å². The zero-order valence-electron chi connectivity index (χ0n) is 15.2. The molecule has 3 aromatic rings. The maximum absolute atomic E-state index is 4.65. The highest BCUT2D eigenvalue weighted by molar-refractivity contribution is 5.66. The molecule has 6 heteroatoms. The molecular weight excluding hydrogens is 324 g/mol. The van der Waals surface area contributed by atoms with Crippen molar-refractivity contribution in [1.82, 2.24) is 20.2 Å². The van der Waals surface area contributed by atoms with Crippen LogP contribution in [0.15, 0.2) is 42.6 Å². The van der Waals surface area contributed by atoms with E-state index in [9.17, 15) is 0 Å². The van der Waals surface area contributed by atoms with Gasteiger partial charge in [0.05, 0.1) is 6.20 Å². The Bertz CT molecular complexity index is 873. The quantitative estimate of drug-likeness (QED) is 0.754. The second-order valence-electron chi connectivity index (χ2n) is 6.79. The Balaban J connectivity index is 1.61. The van der Waals surface area contributed by atoms with Crippen LogP contribution in [0.3, 0.4) is 0 Å². The molecule has 26 heavy (non-hydrogen) atoms. The number of aromatic nitrogens is 4. The molecule has 0 amide bonds. The average Bonchev–Trinajstić information content (AvgIpc) is 3.18. The van der Waals surface area contributed by atoms with Gasteiger partial charge < -0.3 is 10.2 Å². The molecule has 0 unspecified atom stereocenters. The van der Waals surface area contributed by atoms with Gasteiger partial charge in [0, 0.05) is 49.1 Å². The summed E-state index contributed by atoms with van der Waals surface area (Å²) in [5.41, 5.74) is 4.62. The highest BCUT2D eigenvalue weighted by atomic mass is 15.2. The van der Waals surface area contributed by atoms with Crippen LogP contribution in [-0.4, -0.2) is 40.3 Å².